The van der Waals surface area contributed by atoms with Crippen LogP contribution in [-0.4, -0.2) is 24.5 Å². The Labute approximate surface area is 125 Å². The summed E-state index contributed by atoms with van der Waals surface area (Å²) >= 11 is 0. The van der Waals surface area contributed by atoms with Crippen LogP contribution in [0.25, 0.3) is 0 Å². The van der Waals surface area contributed by atoms with Crippen LogP contribution in [0, 0.1) is 5.41 Å². The standard InChI is InChI=1S/C18H32N2/c1-7-20(14-18(5,6)13-19)12-15-8-10-16(11-9-15)17(2,3)4/h8-11H,7,12-14,19H2,1-6H3. The Bertz CT molecular complexity index is 398. The van der Waals surface area contributed by atoms with E-state index in [2.05, 4.69) is 70.7 Å². The highest BCUT2D eigenvalue weighted by Gasteiger charge is 2.19. The number of nitrogens with zero attached hydrogens (tertiary/aromatic N) is 1. The maximum Gasteiger partial charge on any atom is 0.0233 e. The SMILES string of the molecule is CCN(Cc1ccc(C(C)(C)C)cc1)CC(C)(C)CN. The first-order valence-electron chi connectivity index (χ1n) is 7.70. The first-order valence-corrected chi connectivity index (χ1v) is 7.70. The molecule has 1 aromatic carbocycles. The van der Waals surface area contributed by atoms with Gasteiger partial charge in [0.2, 0.25) is 0 Å². The van der Waals surface area contributed by atoms with Gasteiger partial charge in [-0.15, -0.1) is 0 Å². The van der Waals surface area contributed by atoms with Crippen molar-refractivity contribution in [2.24, 2.45) is 11.1 Å². The van der Waals surface area contributed by atoms with Gasteiger partial charge in [-0.3, -0.25) is 4.90 Å². The van der Waals surface area contributed by atoms with Crippen LogP contribution in [-0.2, 0) is 12.0 Å². The minimum Gasteiger partial charge on any atom is -0.330 e. The Morgan fingerprint density at radius 2 is 1.55 bits per heavy atom. The molecule has 0 spiro atoms. The molecule has 0 fully saturated rings. The van der Waals surface area contributed by atoms with Crippen molar-refractivity contribution >= 4 is 0 Å². The Kier molecular flexibility index (Phi) is 5.79. The molecule has 0 aromatic heterocycles. The molecular formula is C18H32N2. The topological polar surface area (TPSA) is 29.3 Å². The van der Waals surface area contributed by atoms with Crippen LogP contribution >= 0.6 is 0 Å². The quantitative estimate of drug-likeness (QED) is 0.856. The lowest BCUT2D eigenvalue weighted by Gasteiger charge is -2.31. The van der Waals surface area contributed by atoms with E-state index in [1.807, 2.05) is 0 Å². The highest BCUT2D eigenvalue weighted by Crippen LogP contribution is 2.23. The molecular weight excluding hydrogens is 244 g/mol. The van der Waals surface area contributed by atoms with E-state index in [1.165, 1.54) is 11.1 Å². The highest BCUT2D eigenvalue weighted by molar-refractivity contribution is 5.27. The summed E-state index contributed by atoms with van der Waals surface area (Å²) in [5.41, 5.74) is 9.03. The molecule has 2 N–H and O–H groups in total. The summed E-state index contributed by atoms with van der Waals surface area (Å²) in [6, 6.07) is 9.05. The third-order valence-electron chi connectivity index (χ3n) is 3.88. The predicted octanol–water partition coefficient (Wildman–Crippen LogP) is 3.79. The van der Waals surface area contributed by atoms with Gasteiger partial charge in [0.25, 0.3) is 0 Å². The van der Waals surface area contributed by atoms with E-state index in [-0.39, 0.29) is 10.8 Å². The van der Waals surface area contributed by atoms with Crippen LogP contribution < -0.4 is 5.73 Å². The lowest BCUT2D eigenvalue weighted by molar-refractivity contribution is 0.183. The maximum atomic E-state index is 5.84. The van der Waals surface area contributed by atoms with Gasteiger partial charge in [0.1, 0.15) is 0 Å². The zero-order valence-corrected chi connectivity index (χ0v) is 14.2. The first kappa shape index (κ1) is 17.2. The zero-order chi connectivity index (χ0) is 15.4. The van der Waals surface area contributed by atoms with Crippen molar-refractivity contribution in [3.05, 3.63) is 35.4 Å². The van der Waals surface area contributed by atoms with E-state index in [1.54, 1.807) is 0 Å². The van der Waals surface area contributed by atoms with Gasteiger partial charge in [-0.25, -0.2) is 0 Å². The summed E-state index contributed by atoms with van der Waals surface area (Å²) in [5.74, 6) is 0. The zero-order valence-electron chi connectivity index (χ0n) is 14.2. The van der Waals surface area contributed by atoms with Crippen LogP contribution in [0.15, 0.2) is 24.3 Å². The van der Waals surface area contributed by atoms with Gasteiger partial charge in [0.15, 0.2) is 0 Å². The van der Waals surface area contributed by atoms with E-state index in [0.717, 1.165) is 26.2 Å². The van der Waals surface area contributed by atoms with Crippen molar-refractivity contribution in [1.29, 1.82) is 0 Å². The molecule has 0 aliphatic rings. The van der Waals surface area contributed by atoms with Crippen molar-refractivity contribution < 1.29 is 0 Å². The van der Waals surface area contributed by atoms with E-state index >= 15 is 0 Å². The van der Waals surface area contributed by atoms with Crippen molar-refractivity contribution in [2.45, 2.75) is 53.5 Å². The number of benzene rings is 1. The van der Waals surface area contributed by atoms with E-state index in [9.17, 15) is 0 Å². The van der Waals surface area contributed by atoms with Gasteiger partial charge in [-0.05, 0) is 35.0 Å². The molecule has 20 heavy (non-hydrogen) atoms. The minimum absolute atomic E-state index is 0.182. The van der Waals surface area contributed by atoms with Gasteiger partial charge in [0, 0.05) is 13.1 Å². The molecule has 0 atom stereocenters. The smallest absolute Gasteiger partial charge is 0.0233 e. The van der Waals surface area contributed by atoms with Gasteiger partial charge >= 0.3 is 0 Å². The summed E-state index contributed by atoms with van der Waals surface area (Å²) in [6.45, 7) is 17.3. The monoisotopic (exact) mass is 276 g/mol. The molecule has 0 saturated carbocycles. The predicted molar refractivity (Wildman–Crippen MR) is 88.9 cm³/mol. The van der Waals surface area contributed by atoms with Crippen molar-refractivity contribution in [3.8, 4) is 0 Å². The first-order chi connectivity index (χ1) is 9.18. The molecule has 0 bridgehead atoms. The molecule has 0 saturated heterocycles. The van der Waals surface area contributed by atoms with E-state index in [0.29, 0.717) is 0 Å². The fourth-order valence-electron chi connectivity index (χ4n) is 2.32. The summed E-state index contributed by atoms with van der Waals surface area (Å²) < 4.78 is 0. The van der Waals surface area contributed by atoms with Gasteiger partial charge in [-0.1, -0.05) is 65.8 Å². The van der Waals surface area contributed by atoms with Gasteiger partial charge in [0.05, 0.1) is 0 Å². The Morgan fingerprint density at radius 1 is 1.00 bits per heavy atom. The van der Waals surface area contributed by atoms with Crippen LogP contribution in [0.1, 0.15) is 52.7 Å². The molecule has 2 nitrogen and oxygen atoms in total. The molecule has 114 valence electrons. The summed E-state index contributed by atoms with van der Waals surface area (Å²) in [4.78, 5) is 2.47. The molecule has 0 radical (unpaired) electrons. The summed E-state index contributed by atoms with van der Waals surface area (Å²) in [7, 11) is 0. The van der Waals surface area contributed by atoms with Gasteiger partial charge in [-0.2, -0.15) is 0 Å². The van der Waals surface area contributed by atoms with Crippen LogP contribution in [0.5, 0.6) is 0 Å². The molecule has 0 amide bonds. The molecule has 0 heterocycles. The summed E-state index contributed by atoms with van der Waals surface area (Å²) in [6.07, 6.45) is 0. The third kappa shape index (κ3) is 5.26. The highest BCUT2D eigenvalue weighted by atomic mass is 15.1. The lowest BCUT2D eigenvalue weighted by atomic mass is 9.86. The number of hydrogen-bond acceptors (Lipinski definition) is 2. The molecule has 0 unspecified atom stereocenters. The maximum absolute atomic E-state index is 5.84. The van der Waals surface area contributed by atoms with Crippen LogP contribution in [0.4, 0.5) is 0 Å². The lowest BCUT2D eigenvalue weighted by Crippen LogP contribution is -2.38. The molecule has 1 rings (SSSR count). The van der Waals surface area contributed by atoms with E-state index in [4.69, 9.17) is 5.73 Å². The van der Waals surface area contributed by atoms with Crippen LogP contribution in [0.3, 0.4) is 0 Å². The second kappa shape index (κ2) is 6.73. The fraction of sp³-hybridized carbons (Fsp3) is 0.667. The van der Waals surface area contributed by atoms with Crippen molar-refractivity contribution in [2.75, 3.05) is 19.6 Å². The molecule has 1 aromatic rings. The number of rotatable bonds is 6. The Morgan fingerprint density at radius 3 is 1.95 bits per heavy atom. The Hall–Kier alpha value is -0.860. The second-order valence-electron chi connectivity index (χ2n) is 7.62. The number of hydrogen-bond donors (Lipinski definition) is 1. The molecule has 0 aliphatic carbocycles. The summed E-state index contributed by atoms with van der Waals surface area (Å²) in [5, 5.41) is 0. The van der Waals surface area contributed by atoms with Crippen molar-refractivity contribution in [3.63, 3.8) is 0 Å². The average Bonchev–Trinajstić information content (AvgIpc) is 2.37. The molecule has 0 aliphatic heterocycles. The largest absolute Gasteiger partial charge is 0.330 e. The Balaban J connectivity index is 2.71. The number of nitrogens with two attached hydrogens (primary N) is 1. The second-order valence-corrected chi connectivity index (χ2v) is 7.62. The minimum atomic E-state index is 0.182. The fourth-order valence-corrected chi connectivity index (χ4v) is 2.32. The normalized spacial score (nSPS) is 13.0. The van der Waals surface area contributed by atoms with E-state index < -0.39 is 0 Å². The van der Waals surface area contributed by atoms with Crippen LogP contribution in [0.2, 0.25) is 0 Å². The van der Waals surface area contributed by atoms with Crippen molar-refractivity contribution in [1.82, 2.24) is 4.90 Å². The third-order valence-corrected chi connectivity index (χ3v) is 3.88. The average molecular weight is 276 g/mol. The molecule has 2 heteroatoms. The van der Waals surface area contributed by atoms with Gasteiger partial charge < -0.3 is 5.73 Å².